The van der Waals surface area contributed by atoms with Gasteiger partial charge >= 0.3 is 11.6 Å². The molecule has 1 saturated heterocycles. The van der Waals surface area contributed by atoms with E-state index in [1.165, 1.54) is 40.4 Å². The van der Waals surface area contributed by atoms with E-state index in [2.05, 4.69) is 10.3 Å². The Kier molecular flexibility index (Phi) is 5.71. The average molecular weight is 455 g/mol. The van der Waals surface area contributed by atoms with Crippen molar-refractivity contribution < 1.29 is 23.7 Å². The summed E-state index contributed by atoms with van der Waals surface area (Å²) in [7, 11) is 1.67. The van der Waals surface area contributed by atoms with E-state index in [0.717, 1.165) is 4.40 Å². The van der Waals surface area contributed by atoms with Crippen LogP contribution in [0.5, 0.6) is 5.75 Å². The van der Waals surface area contributed by atoms with Crippen molar-refractivity contribution in [2.75, 3.05) is 25.0 Å². The smallest absolute Gasteiger partial charge is 0.384 e. The number of aromatic hydroxyl groups is 1. The summed E-state index contributed by atoms with van der Waals surface area (Å²) < 4.78 is 16.0. The number of amides is 3. The number of rotatable bonds is 5. The topological polar surface area (TPSA) is 111 Å². The van der Waals surface area contributed by atoms with Crippen molar-refractivity contribution in [1.29, 1.82) is 0 Å². The van der Waals surface area contributed by atoms with E-state index < -0.39 is 28.7 Å². The summed E-state index contributed by atoms with van der Waals surface area (Å²) in [5, 5.41) is 13.1. The molecule has 172 valence electrons. The molecule has 4 rings (SSSR count). The molecule has 1 aliphatic heterocycles. The van der Waals surface area contributed by atoms with E-state index in [1.54, 1.807) is 17.8 Å². The quantitative estimate of drug-likeness (QED) is 0.562. The lowest BCUT2D eigenvalue weighted by molar-refractivity contribution is -0.718. The van der Waals surface area contributed by atoms with Gasteiger partial charge in [0.25, 0.3) is 17.9 Å². The number of nitrogens with zero attached hydrogens (tertiary/aromatic N) is 5. The molecule has 11 heteroatoms. The summed E-state index contributed by atoms with van der Waals surface area (Å²) in [4.78, 5) is 45.7. The third-order valence-electron chi connectivity index (χ3n) is 5.53. The number of likely N-dealkylation sites (N-methyl/N-ethyl adjacent to an activating group) is 1. The second-order valence-corrected chi connectivity index (χ2v) is 8.14. The lowest BCUT2D eigenvalue weighted by Gasteiger charge is -2.17. The second-order valence-electron chi connectivity index (χ2n) is 8.14. The minimum Gasteiger partial charge on any atom is -0.500 e. The van der Waals surface area contributed by atoms with Gasteiger partial charge in [-0.15, -0.1) is 4.40 Å². The van der Waals surface area contributed by atoms with Crippen molar-refractivity contribution >= 4 is 23.3 Å². The third kappa shape index (κ3) is 4.09. The Morgan fingerprint density at radius 1 is 1.24 bits per heavy atom. The number of carbonyl (C=O) groups is 2. The summed E-state index contributed by atoms with van der Waals surface area (Å²) in [5.74, 6) is -1.98. The fraction of sp³-hybridized carbons (Fsp3) is 0.318. The molecule has 0 spiro atoms. The standard InChI is InChI=1S/C22H23FN6O4/c1-13(2)27-11-16(28-9-8-26(3)22(28)33)19-25-17(18(30)21(32)29(19)12-27)20(31)24-10-14-4-6-15(23)7-5-14/h4-7,11-13H,8-10H2,1-3H3,(H-,24,30,31)/p+1. The maximum absolute atomic E-state index is 13.1. The molecule has 1 aliphatic rings. The van der Waals surface area contributed by atoms with Gasteiger partial charge < -0.3 is 15.3 Å². The molecule has 3 amide bonds. The molecule has 1 aromatic carbocycles. The van der Waals surface area contributed by atoms with Crippen molar-refractivity contribution in [3.63, 3.8) is 0 Å². The number of anilines is 1. The summed E-state index contributed by atoms with van der Waals surface area (Å²) in [6.45, 7) is 4.74. The fourth-order valence-corrected chi connectivity index (χ4v) is 3.55. The van der Waals surface area contributed by atoms with Crippen molar-refractivity contribution in [1.82, 2.24) is 19.6 Å². The van der Waals surface area contributed by atoms with Crippen LogP contribution in [0.3, 0.4) is 0 Å². The zero-order valence-corrected chi connectivity index (χ0v) is 18.4. The molecule has 3 aromatic rings. The van der Waals surface area contributed by atoms with Crippen LogP contribution >= 0.6 is 0 Å². The average Bonchev–Trinajstić information content (AvgIpc) is 3.13. The molecule has 0 unspecified atom stereocenters. The maximum Gasteiger partial charge on any atom is 0.384 e. The Morgan fingerprint density at radius 2 is 1.94 bits per heavy atom. The number of hydrogen-bond acceptors (Lipinski definition) is 5. The van der Waals surface area contributed by atoms with Gasteiger partial charge in [0.15, 0.2) is 11.4 Å². The molecule has 3 heterocycles. The zero-order valence-electron chi connectivity index (χ0n) is 18.4. The van der Waals surface area contributed by atoms with Gasteiger partial charge in [-0.05, 0) is 31.5 Å². The Bertz CT molecular complexity index is 1300. The molecule has 33 heavy (non-hydrogen) atoms. The first-order valence-electron chi connectivity index (χ1n) is 10.4. The predicted molar refractivity (Wildman–Crippen MR) is 117 cm³/mol. The van der Waals surface area contributed by atoms with Gasteiger partial charge in [0.05, 0.1) is 6.04 Å². The minimum atomic E-state index is -0.830. The minimum absolute atomic E-state index is 0.0451. The molecule has 0 bridgehead atoms. The zero-order chi connectivity index (χ0) is 23.9. The van der Waals surface area contributed by atoms with Crippen molar-refractivity contribution in [2.24, 2.45) is 0 Å². The summed E-state index contributed by atoms with van der Waals surface area (Å²) in [6.07, 6.45) is 3.17. The molecule has 2 aromatic heterocycles. The number of aromatic nitrogens is 3. The van der Waals surface area contributed by atoms with Gasteiger partial charge in [-0.1, -0.05) is 12.1 Å². The lowest BCUT2D eigenvalue weighted by Crippen LogP contribution is -2.41. The van der Waals surface area contributed by atoms with Gasteiger partial charge in [-0.25, -0.2) is 18.5 Å². The van der Waals surface area contributed by atoms with Gasteiger partial charge in [-0.2, -0.15) is 4.98 Å². The van der Waals surface area contributed by atoms with Crippen LogP contribution in [-0.4, -0.2) is 51.5 Å². The molecular formula is C22H24FN6O4+. The molecular weight excluding hydrogens is 431 g/mol. The molecule has 2 N–H and O–H groups in total. The second kappa shape index (κ2) is 8.49. The highest BCUT2D eigenvalue weighted by atomic mass is 19.1. The van der Waals surface area contributed by atoms with Gasteiger partial charge in [0, 0.05) is 26.7 Å². The van der Waals surface area contributed by atoms with E-state index in [1.807, 2.05) is 13.8 Å². The molecule has 0 saturated carbocycles. The van der Waals surface area contributed by atoms with Crippen LogP contribution in [0.15, 0.2) is 41.6 Å². The van der Waals surface area contributed by atoms with Gasteiger partial charge in [0.2, 0.25) is 5.75 Å². The number of halogens is 1. The van der Waals surface area contributed by atoms with Gasteiger partial charge in [0.1, 0.15) is 12.0 Å². The highest BCUT2D eigenvalue weighted by Crippen LogP contribution is 2.24. The van der Waals surface area contributed by atoms with Crippen LogP contribution in [0.2, 0.25) is 0 Å². The summed E-state index contributed by atoms with van der Waals surface area (Å²) >= 11 is 0. The largest absolute Gasteiger partial charge is 0.500 e. The van der Waals surface area contributed by atoms with E-state index >= 15 is 0 Å². The van der Waals surface area contributed by atoms with Crippen LogP contribution in [0.4, 0.5) is 14.9 Å². The van der Waals surface area contributed by atoms with Crippen molar-refractivity contribution in [3.8, 4) is 5.75 Å². The van der Waals surface area contributed by atoms with E-state index in [4.69, 9.17) is 0 Å². The van der Waals surface area contributed by atoms with E-state index in [9.17, 15) is 23.9 Å². The SMILES string of the molecule is CC(C)[n+]1cc(N2CCN(C)C2=O)c2nc(C(=O)NCc3ccc(F)cc3)c(O)c(=O)n2c1. The number of urea groups is 1. The third-order valence-corrected chi connectivity index (χ3v) is 5.53. The van der Waals surface area contributed by atoms with Crippen LogP contribution in [-0.2, 0) is 6.54 Å². The monoisotopic (exact) mass is 455 g/mol. The molecule has 0 radical (unpaired) electrons. The van der Waals surface area contributed by atoms with Crippen LogP contribution in [0, 0.1) is 5.82 Å². The Morgan fingerprint density at radius 3 is 2.55 bits per heavy atom. The molecule has 10 nitrogen and oxygen atoms in total. The first-order chi connectivity index (χ1) is 15.7. The van der Waals surface area contributed by atoms with Gasteiger partial charge in [-0.3, -0.25) is 9.69 Å². The van der Waals surface area contributed by atoms with E-state index in [-0.39, 0.29) is 24.3 Å². The summed E-state index contributed by atoms with van der Waals surface area (Å²) in [6, 6.07) is 5.24. The van der Waals surface area contributed by atoms with Crippen molar-refractivity contribution in [2.45, 2.75) is 26.4 Å². The number of carbonyl (C=O) groups excluding carboxylic acids is 2. The lowest BCUT2D eigenvalue weighted by atomic mass is 10.2. The number of hydrogen-bond donors (Lipinski definition) is 2. The Balaban J connectivity index is 1.79. The molecule has 0 atom stereocenters. The Labute approximate surface area is 188 Å². The highest BCUT2D eigenvalue weighted by molar-refractivity contribution is 5.99. The highest BCUT2D eigenvalue weighted by Gasteiger charge is 2.33. The number of nitrogens with one attached hydrogen (secondary N) is 1. The number of fused-ring (bicyclic) bond motifs is 1. The molecule has 1 fully saturated rings. The first kappa shape index (κ1) is 22.2. The van der Waals surface area contributed by atoms with Crippen LogP contribution < -0.4 is 20.3 Å². The maximum atomic E-state index is 13.1. The van der Waals surface area contributed by atoms with Crippen molar-refractivity contribution in [3.05, 3.63) is 64.2 Å². The molecule has 0 aliphatic carbocycles. The van der Waals surface area contributed by atoms with Crippen LogP contribution in [0.1, 0.15) is 35.9 Å². The summed E-state index contributed by atoms with van der Waals surface area (Å²) in [5.41, 5.74) is -0.226. The normalized spacial score (nSPS) is 13.9. The van der Waals surface area contributed by atoms with Crippen LogP contribution in [0.25, 0.3) is 5.65 Å². The first-order valence-corrected chi connectivity index (χ1v) is 10.4. The fourth-order valence-electron chi connectivity index (χ4n) is 3.55. The predicted octanol–water partition coefficient (Wildman–Crippen LogP) is 1.21. The number of benzene rings is 1. The Hall–Kier alpha value is -4.02. The van der Waals surface area contributed by atoms with E-state index in [0.29, 0.717) is 24.3 Å².